The zero-order chi connectivity index (χ0) is 40.8. The molecule has 0 radical (unpaired) electrons. The van der Waals surface area contributed by atoms with Crippen LogP contribution in [0.25, 0.3) is 49.7 Å². The van der Waals surface area contributed by atoms with Gasteiger partial charge in [-0.25, -0.2) is 0 Å². The first-order chi connectivity index (χ1) is 25.1. The first kappa shape index (κ1) is 40.6. The minimum absolute atomic E-state index is 0.000358. The highest BCUT2D eigenvalue weighted by molar-refractivity contribution is 6.18. The average Bonchev–Trinajstić information content (AvgIpc) is 3.39. The molecule has 0 aliphatic carbocycles. The monoisotopic (exact) mass is 732 g/mol. The van der Waals surface area contributed by atoms with Crippen molar-refractivity contribution in [2.24, 2.45) is 0 Å². The summed E-state index contributed by atoms with van der Waals surface area (Å²) in [4.78, 5) is 0. The lowest BCUT2D eigenvalue weighted by atomic mass is 9.77. The average molecular weight is 732 g/mol. The van der Waals surface area contributed by atoms with Crippen LogP contribution in [0.3, 0.4) is 0 Å². The van der Waals surface area contributed by atoms with Crippen molar-refractivity contribution < 1.29 is 0 Å². The summed E-state index contributed by atoms with van der Waals surface area (Å²) in [6.45, 7) is 42.2. The molecule has 0 amide bonds. The summed E-state index contributed by atoms with van der Waals surface area (Å²) >= 11 is 0. The van der Waals surface area contributed by atoms with Crippen LogP contribution in [0.4, 0.5) is 0 Å². The van der Waals surface area contributed by atoms with Gasteiger partial charge in [-0.15, -0.1) is 0 Å². The number of nitrogens with zero attached hydrogens (tertiary/aromatic N) is 1. The Balaban J connectivity index is 1.85. The highest BCUT2D eigenvalue weighted by Gasteiger charge is 2.30. The van der Waals surface area contributed by atoms with Crippen LogP contribution in [0, 0.1) is 0 Å². The van der Waals surface area contributed by atoms with Crippen LogP contribution in [0.15, 0.2) is 91.0 Å². The second-order valence-electron chi connectivity index (χ2n) is 22.6. The normalized spacial score (nSPS) is 13.6. The van der Waals surface area contributed by atoms with Gasteiger partial charge in [0.15, 0.2) is 0 Å². The van der Waals surface area contributed by atoms with Gasteiger partial charge in [-0.1, -0.05) is 191 Å². The van der Waals surface area contributed by atoms with Crippen molar-refractivity contribution in [3.05, 3.63) is 124 Å². The van der Waals surface area contributed by atoms with Gasteiger partial charge in [-0.3, -0.25) is 0 Å². The van der Waals surface area contributed by atoms with Crippen LogP contribution < -0.4 is 0 Å². The maximum Gasteiger partial charge on any atom is 0.0547 e. The van der Waals surface area contributed by atoms with Crippen molar-refractivity contribution in [3.63, 3.8) is 0 Å². The standard InChI is InChI=1S/C54H69N/c1-49(2,3)36-24-22-34(23-25-36)43-26-27-45-47(48(43)54(16,17)18)46-42(35-28-37(50(4,5)6)30-38(29-35)51(7,8)9)20-19-21-44(46)55(45)41-32-39(52(10,11)12)31-40(33-41)53(13,14)15/h19-33H,1-18H3. The molecule has 0 saturated carbocycles. The van der Waals surface area contributed by atoms with Crippen LogP contribution in [0.5, 0.6) is 0 Å². The number of hydrogen-bond acceptors (Lipinski definition) is 0. The van der Waals surface area contributed by atoms with Gasteiger partial charge in [0.1, 0.15) is 0 Å². The fourth-order valence-corrected chi connectivity index (χ4v) is 8.09. The van der Waals surface area contributed by atoms with Gasteiger partial charge in [-0.2, -0.15) is 0 Å². The summed E-state index contributed by atoms with van der Waals surface area (Å²) in [5, 5.41) is 2.69. The number of fused-ring (bicyclic) bond motifs is 3. The molecule has 0 aliphatic heterocycles. The lowest BCUT2D eigenvalue weighted by Gasteiger charge is -2.27. The number of rotatable bonds is 3. The Kier molecular flexibility index (Phi) is 9.77. The minimum atomic E-state index is -0.141. The van der Waals surface area contributed by atoms with Gasteiger partial charge >= 0.3 is 0 Å². The maximum atomic E-state index is 2.58. The molecule has 0 aliphatic rings. The predicted octanol–water partition coefficient (Wildman–Crippen LogP) is 15.9. The van der Waals surface area contributed by atoms with Crippen LogP contribution in [0.2, 0.25) is 0 Å². The Morgan fingerprint density at radius 3 is 1.20 bits per heavy atom. The molecule has 0 spiro atoms. The van der Waals surface area contributed by atoms with E-state index < -0.39 is 0 Å². The highest BCUT2D eigenvalue weighted by atomic mass is 15.0. The Labute approximate surface area is 334 Å². The van der Waals surface area contributed by atoms with E-state index in [4.69, 9.17) is 0 Å². The molecule has 55 heavy (non-hydrogen) atoms. The molecular formula is C54H69N. The Morgan fingerprint density at radius 2 is 0.764 bits per heavy atom. The van der Waals surface area contributed by atoms with Crippen LogP contribution in [-0.2, 0) is 32.5 Å². The first-order valence-electron chi connectivity index (χ1n) is 20.6. The van der Waals surface area contributed by atoms with Gasteiger partial charge in [0.05, 0.1) is 11.0 Å². The van der Waals surface area contributed by atoms with Crippen LogP contribution in [-0.4, -0.2) is 4.57 Å². The van der Waals surface area contributed by atoms with E-state index in [0.29, 0.717) is 0 Å². The largest absolute Gasteiger partial charge is 0.309 e. The summed E-state index contributed by atoms with van der Waals surface area (Å²) < 4.78 is 2.58. The molecule has 0 N–H and O–H groups in total. The molecule has 1 heteroatoms. The molecule has 0 fully saturated rings. The predicted molar refractivity (Wildman–Crippen MR) is 244 cm³/mol. The van der Waals surface area contributed by atoms with E-state index in [-0.39, 0.29) is 32.5 Å². The molecule has 0 unspecified atom stereocenters. The molecule has 6 rings (SSSR count). The molecule has 1 nitrogen and oxygen atoms in total. The number of hydrogen-bond donors (Lipinski definition) is 0. The second kappa shape index (κ2) is 13.2. The quantitative estimate of drug-likeness (QED) is 0.171. The van der Waals surface area contributed by atoms with Crippen molar-refractivity contribution in [2.45, 2.75) is 157 Å². The van der Waals surface area contributed by atoms with Crippen molar-refractivity contribution in [1.29, 1.82) is 0 Å². The summed E-state index contributed by atoms with van der Waals surface area (Å²) in [7, 11) is 0. The molecule has 6 aromatic rings. The van der Waals surface area contributed by atoms with E-state index in [9.17, 15) is 0 Å². The topological polar surface area (TPSA) is 4.93 Å². The zero-order valence-electron chi connectivity index (χ0n) is 37.6. The fraction of sp³-hybridized carbons (Fsp3) is 0.444. The van der Waals surface area contributed by atoms with Gasteiger partial charge < -0.3 is 4.57 Å². The molecule has 290 valence electrons. The smallest absolute Gasteiger partial charge is 0.0547 e. The third-order valence-electron chi connectivity index (χ3n) is 11.7. The Morgan fingerprint density at radius 1 is 0.327 bits per heavy atom. The number of benzene rings is 5. The van der Waals surface area contributed by atoms with Gasteiger partial charge in [0, 0.05) is 16.5 Å². The van der Waals surface area contributed by atoms with E-state index in [2.05, 4.69) is 220 Å². The summed E-state index contributed by atoms with van der Waals surface area (Å²) in [5.74, 6) is 0. The minimum Gasteiger partial charge on any atom is -0.309 e. The SMILES string of the molecule is CC(C)(C)c1ccc(-c2ccc3c(c2C(C)(C)C)c2c(-c4cc(C(C)(C)C)cc(C(C)(C)C)c4)cccc2n3-c2cc(C(C)(C)C)cc(C(C)(C)C)c2)cc1. The first-order valence-corrected chi connectivity index (χ1v) is 20.6. The van der Waals surface area contributed by atoms with Crippen molar-refractivity contribution in [2.75, 3.05) is 0 Å². The van der Waals surface area contributed by atoms with Gasteiger partial charge in [-0.05, 0) is 112 Å². The molecule has 0 saturated heterocycles. The molecule has 1 aromatic heterocycles. The summed E-state index contributed by atoms with van der Waals surface area (Å²) in [6.07, 6.45) is 0. The van der Waals surface area contributed by atoms with Gasteiger partial charge in [0.2, 0.25) is 0 Å². The molecule has 0 bridgehead atoms. The van der Waals surface area contributed by atoms with E-state index in [1.54, 1.807) is 0 Å². The lowest BCUT2D eigenvalue weighted by Crippen LogP contribution is -2.17. The van der Waals surface area contributed by atoms with Crippen molar-refractivity contribution >= 4 is 21.8 Å². The van der Waals surface area contributed by atoms with E-state index in [1.807, 2.05) is 0 Å². The van der Waals surface area contributed by atoms with Gasteiger partial charge in [0.25, 0.3) is 0 Å². The second-order valence-corrected chi connectivity index (χ2v) is 22.6. The van der Waals surface area contributed by atoms with Crippen molar-refractivity contribution in [1.82, 2.24) is 4.57 Å². The molecule has 1 heterocycles. The van der Waals surface area contributed by atoms with E-state index in [1.165, 1.54) is 83.1 Å². The molecule has 0 atom stereocenters. The lowest BCUT2D eigenvalue weighted by molar-refractivity contribution is 0.567. The summed E-state index contributed by atoms with van der Waals surface area (Å²) in [6, 6.07) is 35.9. The zero-order valence-corrected chi connectivity index (χ0v) is 37.6. The third-order valence-corrected chi connectivity index (χ3v) is 11.7. The molecular weight excluding hydrogens is 663 g/mol. The maximum absolute atomic E-state index is 2.58. The van der Waals surface area contributed by atoms with E-state index in [0.717, 1.165) is 0 Å². The Hall–Kier alpha value is -4.10. The number of aromatic nitrogens is 1. The Bertz CT molecular complexity index is 2320. The highest BCUT2D eigenvalue weighted by Crippen LogP contribution is 2.48. The van der Waals surface area contributed by atoms with Crippen molar-refractivity contribution in [3.8, 4) is 27.9 Å². The van der Waals surface area contributed by atoms with Crippen LogP contribution in [0.1, 0.15) is 158 Å². The van der Waals surface area contributed by atoms with Crippen LogP contribution >= 0.6 is 0 Å². The van der Waals surface area contributed by atoms with E-state index >= 15 is 0 Å². The third kappa shape index (κ3) is 7.83. The summed E-state index contributed by atoms with van der Waals surface area (Å²) in [5.41, 5.74) is 17.1. The molecule has 5 aromatic carbocycles. The fourth-order valence-electron chi connectivity index (χ4n) is 8.09.